The molecule has 14 heavy (non-hydrogen) atoms. The van der Waals surface area contributed by atoms with Gasteiger partial charge in [0.25, 0.3) is 0 Å². The summed E-state index contributed by atoms with van der Waals surface area (Å²) in [6.07, 6.45) is 1.49. The SMILES string of the molecule is CCOC(=O)C(N)CCP(C)OCC. The van der Waals surface area contributed by atoms with Crippen molar-refractivity contribution in [2.75, 3.05) is 26.0 Å². The molecule has 2 atom stereocenters. The highest BCUT2D eigenvalue weighted by Gasteiger charge is 2.15. The first kappa shape index (κ1) is 13.8. The van der Waals surface area contributed by atoms with Gasteiger partial charge in [0.15, 0.2) is 0 Å². The number of hydrogen-bond donors (Lipinski definition) is 1. The van der Waals surface area contributed by atoms with E-state index in [2.05, 4.69) is 0 Å². The smallest absolute Gasteiger partial charge is 0.322 e. The van der Waals surface area contributed by atoms with Gasteiger partial charge in [0.05, 0.1) is 6.61 Å². The summed E-state index contributed by atoms with van der Waals surface area (Å²) in [6.45, 7) is 6.88. The second-order valence-electron chi connectivity index (χ2n) is 2.92. The van der Waals surface area contributed by atoms with E-state index >= 15 is 0 Å². The standard InChI is InChI=1S/C9H20NO3P/c1-4-12-9(11)8(10)6-7-14(3)13-5-2/h8H,4-7,10H2,1-3H3. The zero-order valence-electron chi connectivity index (χ0n) is 9.16. The van der Waals surface area contributed by atoms with Crippen LogP contribution < -0.4 is 5.73 Å². The van der Waals surface area contributed by atoms with E-state index in [9.17, 15) is 4.79 Å². The molecule has 0 fully saturated rings. The number of hydrogen-bond acceptors (Lipinski definition) is 4. The third kappa shape index (κ3) is 6.30. The van der Waals surface area contributed by atoms with Gasteiger partial charge in [0.2, 0.25) is 0 Å². The number of rotatable bonds is 7. The number of ether oxygens (including phenoxy) is 1. The van der Waals surface area contributed by atoms with Crippen molar-refractivity contribution in [1.82, 2.24) is 0 Å². The predicted molar refractivity (Wildman–Crippen MR) is 58.6 cm³/mol. The summed E-state index contributed by atoms with van der Waals surface area (Å²) in [7, 11) is -0.435. The third-order valence-corrected chi connectivity index (χ3v) is 3.28. The molecule has 0 heterocycles. The minimum atomic E-state index is -0.500. The maximum atomic E-state index is 11.1. The van der Waals surface area contributed by atoms with Crippen LogP contribution in [-0.4, -0.2) is 38.1 Å². The molecule has 0 aromatic carbocycles. The molecule has 0 radical (unpaired) electrons. The molecule has 0 aliphatic carbocycles. The first-order valence-corrected chi connectivity index (χ1v) is 6.77. The Morgan fingerprint density at radius 3 is 2.57 bits per heavy atom. The van der Waals surface area contributed by atoms with Crippen LogP contribution >= 0.6 is 8.15 Å². The summed E-state index contributed by atoms with van der Waals surface area (Å²) in [5.41, 5.74) is 5.63. The van der Waals surface area contributed by atoms with Crippen molar-refractivity contribution in [3.05, 3.63) is 0 Å². The molecule has 5 heteroatoms. The second-order valence-corrected chi connectivity index (χ2v) is 4.88. The van der Waals surface area contributed by atoms with E-state index < -0.39 is 14.2 Å². The van der Waals surface area contributed by atoms with Crippen molar-refractivity contribution in [3.8, 4) is 0 Å². The molecule has 0 rings (SSSR count). The summed E-state index contributed by atoms with van der Waals surface area (Å²) in [5.74, 6) is -0.313. The van der Waals surface area contributed by atoms with Crippen molar-refractivity contribution in [1.29, 1.82) is 0 Å². The molecule has 0 aromatic heterocycles. The molecule has 0 saturated heterocycles. The molecule has 2 N–H and O–H groups in total. The second kappa shape index (κ2) is 8.16. The lowest BCUT2D eigenvalue weighted by Crippen LogP contribution is -2.32. The lowest BCUT2D eigenvalue weighted by Gasteiger charge is -2.14. The fourth-order valence-corrected chi connectivity index (χ4v) is 2.18. The van der Waals surface area contributed by atoms with Crippen molar-refractivity contribution >= 4 is 14.1 Å². The van der Waals surface area contributed by atoms with Crippen molar-refractivity contribution in [3.63, 3.8) is 0 Å². The van der Waals surface area contributed by atoms with E-state index in [4.69, 9.17) is 15.0 Å². The summed E-state index contributed by atoms with van der Waals surface area (Å²) in [5, 5.41) is 0. The first-order chi connectivity index (χ1) is 6.61. The van der Waals surface area contributed by atoms with Crippen LogP contribution in [0.1, 0.15) is 20.3 Å². The first-order valence-electron chi connectivity index (χ1n) is 4.88. The Morgan fingerprint density at radius 2 is 2.07 bits per heavy atom. The maximum absolute atomic E-state index is 11.1. The number of esters is 1. The molecular formula is C9H20NO3P. The fraction of sp³-hybridized carbons (Fsp3) is 0.889. The minimum absolute atomic E-state index is 0.313. The van der Waals surface area contributed by atoms with Gasteiger partial charge in [-0.15, -0.1) is 0 Å². The van der Waals surface area contributed by atoms with Crippen LogP contribution in [0.5, 0.6) is 0 Å². The van der Waals surface area contributed by atoms with Gasteiger partial charge < -0.3 is 15.0 Å². The highest BCUT2D eigenvalue weighted by Crippen LogP contribution is 2.32. The maximum Gasteiger partial charge on any atom is 0.322 e. The zero-order chi connectivity index (χ0) is 11.0. The minimum Gasteiger partial charge on any atom is -0.465 e. The summed E-state index contributed by atoms with van der Waals surface area (Å²) < 4.78 is 10.2. The molecule has 2 unspecified atom stereocenters. The average molecular weight is 221 g/mol. The molecule has 0 spiro atoms. The molecule has 0 aromatic rings. The number of nitrogens with two attached hydrogens (primary N) is 1. The van der Waals surface area contributed by atoms with Gasteiger partial charge in [-0.05, 0) is 33.1 Å². The number of carbonyl (C=O) groups is 1. The number of carbonyl (C=O) groups excluding carboxylic acids is 1. The van der Waals surface area contributed by atoms with Gasteiger partial charge in [-0.2, -0.15) is 0 Å². The predicted octanol–water partition coefficient (Wildman–Crippen LogP) is 1.33. The van der Waals surface area contributed by atoms with E-state index in [0.29, 0.717) is 13.0 Å². The molecule has 0 aliphatic heterocycles. The summed E-state index contributed by atoms with van der Waals surface area (Å²) >= 11 is 0. The summed E-state index contributed by atoms with van der Waals surface area (Å²) in [6, 6.07) is -0.500. The zero-order valence-corrected chi connectivity index (χ0v) is 10.0. The largest absolute Gasteiger partial charge is 0.465 e. The van der Waals surface area contributed by atoms with Gasteiger partial charge in [-0.25, -0.2) is 0 Å². The Kier molecular flexibility index (Phi) is 8.05. The highest BCUT2D eigenvalue weighted by atomic mass is 31.1. The monoisotopic (exact) mass is 221 g/mol. The van der Waals surface area contributed by atoms with Crippen molar-refractivity contribution in [2.45, 2.75) is 26.3 Å². The van der Waals surface area contributed by atoms with Gasteiger partial charge in [-0.1, -0.05) is 0 Å². The lowest BCUT2D eigenvalue weighted by molar-refractivity contribution is -0.144. The third-order valence-electron chi connectivity index (χ3n) is 1.69. The normalized spacial score (nSPS) is 14.9. The quantitative estimate of drug-likeness (QED) is 0.520. The highest BCUT2D eigenvalue weighted by molar-refractivity contribution is 7.51. The van der Waals surface area contributed by atoms with Crippen LogP contribution in [0.2, 0.25) is 0 Å². The van der Waals surface area contributed by atoms with Gasteiger partial charge in [0, 0.05) is 14.8 Å². The Morgan fingerprint density at radius 1 is 1.43 bits per heavy atom. The lowest BCUT2D eigenvalue weighted by atomic mass is 10.2. The molecule has 84 valence electrons. The Hall–Kier alpha value is -0.180. The molecular weight excluding hydrogens is 201 g/mol. The summed E-state index contributed by atoms with van der Waals surface area (Å²) in [4.78, 5) is 11.1. The van der Waals surface area contributed by atoms with Crippen LogP contribution in [0.15, 0.2) is 0 Å². The van der Waals surface area contributed by atoms with Gasteiger partial charge in [-0.3, -0.25) is 4.79 Å². The fourth-order valence-electron chi connectivity index (χ4n) is 0.973. The van der Waals surface area contributed by atoms with Crippen LogP contribution in [0.25, 0.3) is 0 Å². The van der Waals surface area contributed by atoms with Gasteiger partial charge >= 0.3 is 5.97 Å². The molecule has 0 saturated carbocycles. The van der Waals surface area contributed by atoms with Crippen molar-refractivity contribution < 1.29 is 14.1 Å². The van der Waals surface area contributed by atoms with E-state index in [1.165, 1.54) is 0 Å². The molecule has 4 nitrogen and oxygen atoms in total. The average Bonchev–Trinajstić information content (AvgIpc) is 2.15. The van der Waals surface area contributed by atoms with Crippen LogP contribution in [0.4, 0.5) is 0 Å². The van der Waals surface area contributed by atoms with E-state index in [0.717, 1.165) is 12.8 Å². The Labute approximate surface area is 87.0 Å². The molecule has 0 aliphatic rings. The Balaban J connectivity index is 3.61. The van der Waals surface area contributed by atoms with Gasteiger partial charge in [0.1, 0.15) is 6.04 Å². The van der Waals surface area contributed by atoms with Crippen LogP contribution in [-0.2, 0) is 14.1 Å². The van der Waals surface area contributed by atoms with Crippen LogP contribution in [0.3, 0.4) is 0 Å². The molecule has 0 bridgehead atoms. The topological polar surface area (TPSA) is 61.5 Å². The van der Waals surface area contributed by atoms with E-state index in [-0.39, 0.29) is 5.97 Å². The van der Waals surface area contributed by atoms with Crippen molar-refractivity contribution in [2.24, 2.45) is 5.73 Å². The molecule has 0 amide bonds. The van der Waals surface area contributed by atoms with E-state index in [1.807, 2.05) is 13.6 Å². The van der Waals surface area contributed by atoms with Crippen LogP contribution in [0, 0.1) is 0 Å². The van der Waals surface area contributed by atoms with E-state index in [1.54, 1.807) is 6.92 Å². The Bertz CT molecular complexity index is 166.